The molecule has 0 aliphatic rings. The first kappa shape index (κ1) is 13.6. The number of esters is 1. The van der Waals surface area contributed by atoms with Gasteiger partial charge in [-0.05, 0) is 6.07 Å². The maximum absolute atomic E-state index is 10.8. The van der Waals surface area contributed by atoms with Gasteiger partial charge in [0.25, 0.3) is 0 Å². The summed E-state index contributed by atoms with van der Waals surface area (Å²) >= 11 is 0. The number of carbonyl (C=O) groups is 2. The summed E-state index contributed by atoms with van der Waals surface area (Å²) in [6, 6.07) is 2.04. The topological polar surface area (TPSA) is 104 Å². The van der Waals surface area contributed by atoms with Crippen molar-refractivity contribution >= 4 is 18.0 Å². The molecule has 0 heterocycles. The zero-order valence-corrected chi connectivity index (χ0v) is 9.58. The molecule has 0 bridgehead atoms. The van der Waals surface area contributed by atoms with Gasteiger partial charge in [-0.2, -0.15) is 0 Å². The summed E-state index contributed by atoms with van der Waals surface area (Å²) in [5, 5.41) is 27.6. The van der Waals surface area contributed by atoms with Crippen LogP contribution in [0.1, 0.15) is 22.3 Å². The Morgan fingerprint density at radius 1 is 1.28 bits per heavy atom. The zero-order chi connectivity index (χ0) is 13.7. The van der Waals surface area contributed by atoms with Crippen LogP contribution < -0.4 is 0 Å². The lowest BCUT2D eigenvalue weighted by molar-refractivity contribution is -0.139. The van der Waals surface area contributed by atoms with Gasteiger partial charge in [-0.25, -0.2) is 4.79 Å². The van der Waals surface area contributed by atoms with E-state index in [-0.39, 0.29) is 23.3 Å². The number of hydrogen-bond donors (Lipinski definition) is 3. The Bertz CT molecular complexity index is 504. The molecule has 6 nitrogen and oxygen atoms in total. The number of benzene rings is 1. The molecule has 1 aromatic carbocycles. The maximum Gasteiger partial charge on any atom is 0.339 e. The molecular formula is C12H12O6. The number of aromatic hydroxyl groups is 2. The van der Waals surface area contributed by atoms with Gasteiger partial charge in [-0.1, -0.05) is 12.2 Å². The Balaban J connectivity index is 2.99. The van der Waals surface area contributed by atoms with E-state index in [1.54, 1.807) is 0 Å². The largest absolute Gasteiger partial charge is 0.507 e. The van der Waals surface area contributed by atoms with Gasteiger partial charge in [0.15, 0.2) is 0 Å². The van der Waals surface area contributed by atoms with Crippen molar-refractivity contribution < 1.29 is 29.6 Å². The Labute approximate surface area is 103 Å². The molecule has 1 rings (SSSR count). The molecule has 0 spiro atoms. The minimum absolute atomic E-state index is 0.000773. The number of carbonyl (C=O) groups excluding carboxylic acids is 1. The third-order valence-corrected chi connectivity index (χ3v) is 2.19. The third kappa shape index (κ3) is 3.24. The molecule has 1 aromatic rings. The Hall–Kier alpha value is -2.50. The van der Waals surface area contributed by atoms with Crippen LogP contribution in [0.4, 0.5) is 0 Å². The number of aromatic carboxylic acids is 1. The van der Waals surface area contributed by atoms with Gasteiger partial charge < -0.3 is 20.1 Å². The molecule has 0 fully saturated rings. The number of hydrogen-bond acceptors (Lipinski definition) is 5. The molecule has 0 atom stereocenters. The van der Waals surface area contributed by atoms with Gasteiger partial charge in [-0.3, -0.25) is 4.79 Å². The molecule has 0 aliphatic carbocycles. The first-order chi connectivity index (χ1) is 8.45. The van der Waals surface area contributed by atoms with E-state index >= 15 is 0 Å². The van der Waals surface area contributed by atoms with Crippen molar-refractivity contribution in [1.82, 2.24) is 0 Å². The number of methoxy groups -OCH3 is 1. The van der Waals surface area contributed by atoms with Crippen LogP contribution in [-0.2, 0) is 9.53 Å². The molecule has 96 valence electrons. The fourth-order valence-corrected chi connectivity index (χ4v) is 1.26. The predicted molar refractivity (Wildman–Crippen MR) is 62.4 cm³/mol. The summed E-state index contributed by atoms with van der Waals surface area (Å²) in [6.07, 6.45) is 2.79. The maximum atomic E-state index is 10.8. The highest BCUT2D eigenvalue weighted by molar-refractivity contribution is 5.92. The summed E-state index contributed by atoms with van der Waals surface area (Å²) in [4.78, 5) is 21.6. The third-order valence-electron chi connectivity index (χ3n) is 2.19. The van der Waals surface area contributed by atoms with Gasteiger partial charge in [0.05, 0.1) is 13.5 Å². The average molecular weight is 252 g/mol. The van der Waals surface area contributed by atoms with Gasteiger partial charge in [0, 0.05) is 11.6 Å². The Morgan fingerprint density at radius 2 is 1.94 bits per heavy atom. The van der Waals surface area contributed by atoms with Gasteiger partial charge in [0.2, 0.25) is 0 Å². The Kier molecular flexibility index (Phi) is 4.31. The summed E-state index contributed by atoms with van der Waals surface area (Å²) < 4.78 is 4.41. The minimum atomic E-state index is -1.31. The van der Waals surface area contributed by atoms with E-state index in [4.69, 9.17) is 5.11 Å². The molecule has 0 aromatic heterocycles. The second-order valence-corrected chi connectivity index (χ2v) is 3.42. The van der Waals surface area contributed by atoms with Crippen LogP contribution in [0.15, 0.2) is 18.2 Å². The molecule has 18 heavy (non-hydrogen) atoms. The van der Waals surface area contributed by atoms with E-state index in [0.29, 0.717) is 0 Å². The number of phenolic OH excluding ortho intramolecular Hbond substituents is 1. The van der Waals surface area contributed by atoms with E-state index in [1.165, 1.54) is 19.3 Å². The van der Waals surface area contributed by atoms with Crippen LogP contribution in [0.2, 0.25) is 0 Å². The second kappa shape index (κ2) is 5.72. The number of rotatable bonds is 4. The van der Waals surface area contributed by atoms with Crippen LogP contribution in [0.25, 0.3) is 6.08 Å². The van der Waals surface area contributed by atoms with Crippen LogP contribution in [0, 0.1) is 0 Å². The fraction of sp³-hybridized carbons (Fsp3) is 0.167. The van der Waals surface area contributed by atoms with Crippen molar-refractivity contribution in [3.63, 3.8) is 0 Å². The first-order valence-electron chi connectivity index (χ1n) is 4.98. The lowest BCUT2D eigenvalue weighted by Crippen LogP contribution is -1.98. The molecular weight excluding hydrogens is 240 g/mol. The highest BCUT2D eigenvalue weighted by atomic mass is 16.5. The highest BCUT2D eigenvalue weighted by Crippen LogP contribution is 2.28. The van der Waals surface area contributed by atoms with Crippen molar-refractivity contribution in [1.29, 1.82) is 0 Å². The molecule has 0 amide bonds. The number of phenols is 2. The molecule has 0 saturated carbocycles. The van der Waals surface area contributed by atoms with E-state index < -0.39 is 17.7 Å². The summed E-state index contributed by atoms with van der Waals surface area (Å²) in [7, 11) is 1.25. The van der Waals surface area contributed by atoms with Crippen molar-refractivity contribution in [3.8, 4) is 11.5 Å². The van der Waals surface area contributed by atoms with E-state index in [2.05, 4.69) is 4.74 Å². The zero-order valence-electron chi connectivity index (χ0n) is 9.58. The van der Waals surface area contributed by atoms with Crippen LogP contribution in [0.3, 0.4) is 0 Å². The SMILES string of the molecule is COC(=O)CC=Cc1cc(C(=O)O)c(O)cc1O. The second-order valence-electron chi connectivity index (χ2n) is 3.42. The number of carboxylic acids is 1. The van der Waals surface area contributed by atoms with Crippen LogP contribution in [0.5, 0.6) is 11.5 Å². The molecule has 0 aliphatic heterocycles. The molecule has 0 unspecified atom stereocenters. The van der Waals surface area contributed by atoms with Crippen molar-refractivity contribution in [2.45, 2.75) is 6.42 Å². The van der Waals surface area contributed by atoms with E-state index in [0.717, 1.165) is 12.1 Å². The van der Waals surface area contributed by atoms with Gasteiger partial charge in [0.1, 0.15) is 17.1 Å². The molecule has 0 radical (unpaired) electrons. The predicted octanol–water partition coefficient (Wildman–Crippen LogP) is 1.37. The Morgan fingerprint density at radius 3 is 2.50 bits per heavy atom. The van der Waals surface area contributed by atoms with E-state index in [9.17, 15) is 19.8 Å². The monoisotopic (exact) mass is 252 g/mol. The lowest BCUT2D eigenvalue weighted by atomic mass is 10.1. The summed E-state index contributed by atoms with van der Waals surface area (Å²) in [5.74, 6) is -2.57. The number of ether oxygens (including phenoxy) is 1. The smallest absolute Gasteiger partial charge is 0.339 e. The van der Waals surface area contributed by atoms with Crippen LogP contribution in [-0.4, -0.2) is 34.4 Å². The summed E-state index contributed by atoms with van der Waals surface area (Å²) in [5.41, 5.74) is -0.139. The number of carboxylic acid groups (broad SMARTS) is 1. The average Bonchev–Trinajstić information content (AvgIpc) is 2.31. The normalized spacial score (nSPS) is 10.5. The minimum Gasteiger partial charge on any atom is -0.507 e. The first-order valence-corrected chi connectivity index (χ1v) is 4.98. The molecule has 0 saturated heterocycles. The van der Waals surface area contributed by atoms with Crippen molar-refractivity contribution in [2.24, 2.45) is 0 Å². The molecule has 6 heteroatoms. The standard InChI is InChI=1S/C12H12O6/c1-18-11(15)4-2-3-7-5-8(12(16)17)10(14)6-9(7)13/h2-3,5-6,13-14H,4H2,1H3,(H,16,17). The van der Waals surface area contributed by atoms with E-state index in [1.807, 2.05) is 0 Å². The van der Waals surface area contributed by atoms with Crippen molar-refractivity contribution in [3.05, 3.63) is 29.3 Å². The highest BCUT2D eigenvalue weighted by Gasteiger charge is 2.12. The summed E-state index contributed by atoms with van der Waals surface area (Å²) in [6.45, 7) is 0. The lowest BCUT2D eigenvalue weighted by Gasteiger charge is -2.04. The molecule has 3 N–H and O–H groups in total. The quantitative estimate of drug-likeness (QED) is 0.699. The van der Waals surface area contributed by atoms with Crippen LogP contribution >= 0.6 is 0 Å². The van der Waals surface area contributed by atoms with Gasteiger partial charge in [-0.15, -0.1) is 0 Å². The van der Waals surface area contributed by atoms with Gasteiger partial charge >= 0.3 is 11.9 Å². The van der Waals surface area contributed by atoms with Crippen molar-refractivity contribution in [2.75, 3.05) is 7.11 Å². The fourth-order valence-electron chi connectivity index (χ4n) is 1.26.